The Labute approximate surface area is 157 Å². The highest BCUT2D eigenvalue weighted by Crippen LogP contribution is 2.30. The first-order valence-electron chi connectivity index (χ1n) is 7.36. The molecule has 0 aliphatic heterocycles. The predicted octanol–water partition coefficient (Wildman–Crippen LogP) is 3.53. The molecule has 0 amide bonds. The zero-order valence-corrected chi connectivity index (χ0v) is 16.3. The lowest BCUT2D eigenvalue weighted by Crippen LogP contribution is -2.43. The second-order valence-corrected chi connectivity index (χ2v) is 9.98. The van der Waals surface area contributed by atoms with Crippen molar-refractivity contribution in [2.45, 2.75) is 23.1 Å². The number of rotatable bonds is 6. The van der Waals surface area contributed by atoms with Crippen LogP contribution in [0.5, 0.6) is 0 Å². The van der Waals surface area contributed by atoms with Crippen LogP contribution in [-0.4, -0.2) is 30.5 Å². The first kappa shape index (κ1) is 18.1. The van der Waals surface area contributed by atoms with E-state index in [1.165, 1.54) is 6.07 Å². The van der Waals surface area contributed by atoms with Gasteiger partial charge in [0, 0.05) is 23.0 Å². The Morgan fingerprint density at radius 1 is 1.28 bits per heavy atom. The van der Waals surface area contributed by atoms with E-state index in [9.17, 15) is 18.3 Å². The highest BCUT2D eigenvalue weighted by molar-refractivity contribution is 9.11. The van der Waals surface area contributed by atoms with E-state index in [1.807, 2.05) is 24.3 Å². The van der Waals surface area contributed by atoms with Crippen LogP contribution < -0.4 is 4.72 Å². The smallest absolute Gasteiger partial charge is 0.322 e. The molecule has 0 saturated carbocycles. The molecule has 3 rings (SSSR count). The number of halogens is 1. The number of aromatic amines is 1. The van der Waals surface area contributed by atoms with Gasteiger partial charge in [-0.3, -0.25) is 4.79 Å². The molecule has 2 aromatic heterocycles. The van der Waals surface area contributed by atoms with Gasteiger partial charge in [0.2, 0.25) is 0 Å². The van der Waals surface area contributed by atoms with Gasteiger partial charge in [-0.05, 0) is 39.7 Å². The maximum atomic E-state index is 12.5. The van der Waals surface area contributed by atoms with E-state index in [1.54, 1.807) is 19.2 Å². The second-order valence-electron chi connectivity index (χ2n) is 5.57. The van der Waals surface area contributed by atoms with Crippen LogP contribution in [-0.2, 0) is 14.8 Å². The summed E-state index contributed by atoms with van der Waals surface area (Å²) in [6.45, 7) is 1.70. The predicted molar refractivity (Wildman–Crippen MR) is 100 cm³/mol. The number of carboxylic acid groups (broad SMARTS) is 1. The largest absolute Gasteiger partial charge is 0.480 e. The highest BCUT2D eigenvalue weighted by Gasteiger charge is 2.32. The summed E-state index contributed by atoms with van der Waals surface area (Å²) in [5.74, 6) is -1.79. The molecule has 0 bridgehead atoms. The van der Waals surface area contributed by atoms with Gasteiger partial charge in [0.05, 0.1) is 3.79 Å². The minimum Gasteiger partial charge on any atom is -0.480 e. The number of nitrogens with one attached hydrogen (secondary N) is 2. The van der Waals surface area contributed by atoms with Gasteiger partial charge in [0.1, 0.15) is 10.3 Å². The second kappa shape index (κ2) is 6.91. The van der Waals surface area contributed by atoms with Gasteiger partial charge in [-0.1, -0.05) is 25.1 Å². The van der Waals surface area contributed by atoms with Crippen molar-refractivity contribution in [2.75, 3.05) is 0 Å². The number of fused-ring (bicyclic) bond motifs is 1. The molecule has 2 atom stereocenters. The summed E-state index contributed by atoms with van der Waals surface area (Å²) in [5.41, 5.74) is 1.62. The lowest BCUT2D eigenvalue weighted by molar-refractivity contribution is -0.139. The normalized spacial score (nSPS) is 14.5. The fourth-order valence-corrected chi connectivity index (χ4v) is 5.98. The standard InChI is InChI=1S/C16H15BrN2O4S2/c1-9(11-8-18-12-5-3-2-4-10(11)12)15(16(20)21)19-25(22,23)14-7-6-13(17)24-14/h2-9,15,18-19H,1H3,(H,20,21)/t9-,15+/m0/s1. The summed E-state index contributed by atoms with van der Waals surface area (Å²) in [7, 11) is -3.93. The van der Waals surface area contributed by atoms with E-state index >= 15 is 0 Å². The molecule has 2 heterocycles. The number of aromatic nitrogens is 1. The van der Waals surface area contributed by atoms with E-state index in [0.29, 0.717) is 3.79 Å². The molecule has 6 nitrogen and oxygen atoms in total. The van der Waals surface area contributed by atoms with Crippen molar-refractivity contribution >= 4 is 54.2 Å². The van der Waals surface area contributed by atoms with Crippen molar-refractivity contribution in [1.29, 1.82) is 0 Å². The Morgan fingerprint density at radius 2 is 2.00 bits per heavy atom. The van der Waals surface area contributed by atoms with Crippen molar-refractivity contribution in [3.63, 3.8) is 0 Å². The number of hydrogen-bond acceptors (Lipinski definition) is 4. The van der Waals surface area contributed by atoms with Gasteiger partial charge in [0.15, 0.2) is 0 Å². The number of aliphatic carboxylic acids is 1. The molecule has 9 heteroatoms. The molecule has 0 aliphatic rings. The molecule has 0 aliphatic carbocycles. The summed E-state index contributed by atoms with van der Waals surface area (Å²) in [6.07, 6.45) is 1.72. The van der Waals surface area contributed by atoms with Crippen molar-refractivity contribution in [1.82, 2.24) is 9.71 Å². The van der Waals surface area contributed by atoms with Crippen molar-refractivity contribution in [3.05, 3.63) is 51.9 Å². The first-order valence-corrected chi connectivity index (χ1v) is 10.5. The highest BCUT2D eigenvalue weighted by atomic mass is 79.9. The third-order valence-electron chi connectivity index (χ3n) is 3.97. The van der Waals surface area contributed by atoms with Crippen LogP contribution >= 0.6 is 27.3 Å². The van der Waals surface area contributed by atoms with Crippen LogP contribution in [0, 0.1) is 0 Å². The maximum Gasteiger partial charge on any atom is 0.322 e. The van der Waals surface area contributed by atoms with Crippen LogP contribution in [0.4, 0.5) is 0 Å². The molecular formula is C16H15BrN2O4S2. The topological polar surface area (TPSA) is 99.3 Å². The van der Waals surface area contributed by atoms with Crippen molar-refractivity contribution < 1.29 is 18.3 Å². The molecule has 3 N–H and O–H groups in total. The van der Waals surface area contributed by atoms with Gasteiger partial charge in [-0.15, -0.1) is 11.3 Å². The summed E-state index contributed by atoms with van der Waals surface area (Å²) < 4.78 is 28.1. The number of carboxylic acids is 1. The number of hydrogen-bond donors (Lipinski definition) is 3. The molecule has 0 fully saturated rings. The Morgan fingerprint density at radius 3 is 2.64 bits per heavy atom. The van der Waals surface area contributed by atoms with E-state index in [4.69, 9.17) is 0 Å². The number of carbonyl (C=O) groups is 1. The SMILES string of the molecule is C[C@@H](c1c[nH]c2ccccc12)[C@@H](NS(=O)(=O)c1ccc(Br)s1)C(=O)O. The molecule has 0 unspecified atom stereocenters. The Balaban J connectivity index is 1.95. The van der Waals surface area contributed by atoms with E-state index in [2.05, 4.69) is 25.6 Å². The molecule has 0 radical (unpaired) electrons. The fourth-order valence-electron chi connectivity index (χ4n) is 2.68. The van der Waals surface area contributed by atoms with E-state index in [-0.39, 0.29) is 4.21 Å². The van der Waals surface area contributed by atoms with Crippen molar-refractivity contribution in [3.8, 4) is 0 Å². The molecule has 132 valence electrons. The molecule has 1 aromatic carbocycles. The minimum atomic E-state index is -3.93. The van der Waals surface area contributed by atoms with Crippen LogP contribution in [0.25, 0.3) is 10.9 Å². The van der Waals surface area contributed by atoms with Gasteiger partial charge in [0.25, 0.3) is 10.0 Å². The summed E-state index contributed by atoms with van der Waals surface area (Å²) >= 11 is 4.24. The zero-order valence-electron chi connectivity index (χ0n) is 13.1. The average Bonchev–Trinajstić information content (AvgIpc) is 3.18. The van der Waals surface area contributed by atoms with Gasteiger partial charge >= 0.3 is 5.97 Å². The summed E-state index contributed by atoms with van der Waals surface area (Å²) in [5, 5.41) is 10.5. The molecule has 0 spiro atoms. The number of sulfonamides is 1. The number of benzene rings is 1. The van der Waals surface area contributed by atoms with Gasteiger partial charge in [-0.2, -0.15) is 4.72 Å². The Hall–Kier alpha value is -1.68. The molecular weight excluding hydrogens is 428 g/mol. The van der Waals surface area contributed by atoms with Crippen LogP contribution in [0.2, 0.25) is 0 Å². The quantitative estimate of drug-likeness (QED) is 0.543. The van der Waals surface area contributed by atoms with Crippen LogP contribution in [0.1, 0.15) is 18.4 Å². The zero-order chi connectivity index (χ0) is 18.2. The number of H-pyrrole nitrogens is 1. The Bertz CT molecular complexity index is 1030. The average molecular weight is 443 g/mol. The van der Waals surface area contributed by atoms with E-state index in [0.717, 1.165) is 27.8 Å². The minimum absolute atomic E-state index is 0.0664. The Kier molecular flexibility index (Phi) is 5.01. The lowest BCUT2D eigenvalue weighted by atomic mass is 9.93. The van der Waals surface area contributed by atoms with Crippen LogP contribution in [0.15, 0.2) is 50.6 Å². The van der Waals surface area contributed by atoms with Crippen molar-refractivity contribution in [2.24, 2.45) is 0 Å². The molecule has 0 saturated heterocycles. The third kappa shape index (κ3) is 3.64. The summed E-state index contributed by atoms with van der Waals surface area (Å²) in [6, 6.07) is 9.25. The number of para-hydroxylation sites is 1. The molecule has 3 aromatic rings. The molecule has 25 heavy (non-hydrogen) atoms. The van der Waals surface area contributed by atoms with Crippen LogP contribution in [0.3, 0.4) is 0 Å². The maximum absolute atomic E-state index is 12.5. The van der Waals surface area contributed by atoms with Gasteiger partial charge < -0.3 is 10.1 Å². The fraction of sp³-hybridized carbons (Fsp3) is 0.188. The third-order valence-corrected chi connectivity index (χ3v) is 7.53. The van der Waals surface area contributed by atoms with E-state index < -0.39 is 28.0 Å². The first-order chi connectivity index (χ1) is 11.8. The number of thiophene rings is 1. The lowest BCUT2D eigenvalue weighted by Gasteiger charge is -2.21. The van der Waals surface area contributed by atoms with Gasteiger partial charge in [-0.25, -0.2) is 8.42 Å². The summed E-state index contributed by atoms with van der Waals surface area (Å²) in [4.78, 5) is 14.8. The monoisotopic (exact) mass is 442 g/mol.